The highest BCUT2D eigenvalue weighted by molar-refractivity contribution is 5.57. The number of allylic oxidation sites excluding steroid dienone is 4. The number of hydrogen-bond donors (Lipinski definition) is 0. The molecular weight excluding hydrogens is 280 g/mol. The Bertz CT molecular complexity index is 648. The van der Waals surface area contributed by atoms with Crippen LogP contribution in [0.2, 0.25) is 0 Å². The summed E-state index contributed by atoms with van der Waals surface area (Å²) in [6.45, 7) is 6.44. The minimum atomic E-state index is 1.04. The Morgan fingerprint density at radius 1 is 0.739 bits per heavy atom. The molecule has 0 unspecified atom stereocenters. The summed E-state index contributed by atoms with van der Waals surface area (Å²) >= 11 is 0. The van der Waals surface area contributed by atoms with Crippen LogP contribution in [0.25, 0.3) is 12.2 Å². The van der Waals surface area contributed by atoms with E-state index in [0.29, 0.717) is 0 Å². The Labute approximate surface area is 139 Å². The number of pyridine rings is 1. The lowest BCUT2D eigenvalue weighted by Gasteiger charge is -2.20. The van der Waals surface area contributed by atoms with E-state index in [-0.39, 0.29) is 0 Å². The minimum Gasteiger partial charge on any atom is -0.372 e. The van der Waals surface area contributed by atoms with Crippen molar-refractivity contribution in [3.05, 3.63) is 84.2 Å². The third-order valence-electron chi connectivity index (χ3n) is 3.64. The van der Waals surface area contributed by atoms with Gasteiger partial charge in [0.25, 0.3) is 0 Å². The molecule has 2 heteroatoms. The summed E-state index contributed by atoms with van der Waals surface area (Å²) in [4.78, 5) is 6.34. The monoisotopic (exact) mass is 304 g/mol. The van der Waals surface area contributed by atoms with E-state index in [4.69, 9.17) is 0 Å². The normalized spacial score (nSPS) is 11.7. The van der Waals surface area contributed by atoms with Crippen molar-refractivity contribution in [1.82, 2.24) is 4.98 Å². The molecule has 0 fully saturated rings. The molecule has 1 aromatic heterocycles. The summed E-state index contributed by atoms with van der Waals surface area (Å²) in [6.07, 6.45) is 15.9. The van der Waals surface area contributed by atoms with Crippen molar-refractivity contribution in [2.24, 2.45) is 0 Å². The first-order valence-corrected chi connectivity index (χ1v) is 8.10. The fourth-order valence-electron chi connectivity index (χ4n) is 2.32. The Kier molecular flexibility index (Phi) is 6.86. The summed E-state index contributed by atoms with van der Waals surface area (Å²) in [5.74, 6) is 0. The minimum absolute atomic E-state index is 1.04. The van der Waals surface area contributed by atoms with Crippen LogP contribution >= 0.6 is 0 Å². The second kappa shape index (κ2) is 9.42. The molecule has 2 rings (SSSR count). The smallest absolute Gasteiger partial charge is 0.0366 e. The van der Waals surface area contributed by atoms with E-state index in [1.54, 1.807) is 12.4 Å². The van der Waals surface area contributed by atoms with Crippen LogP contribution in [-0.4, -0.2) is 18.1 Å². The maximum Gasteiger partial charge on any atom is 0.0366 e. The van der Waals surface area contributed by atoms with Crippen LogP contribution in [0.15, 0.2) is 73.1 Å². The predicted octanol–water partition coefficient (Wildman–Crippen LogP) is 5.21. The molecule has 0 aliphatic rings. The first-order chi connectivity index (χ1) is 11.3. The van der Waals surface area contributed by atoms with Gasteiger partial charge in [-0.15, -0.1) is 0 Å². The van der Waals surface area contributed by atoms with Gasteiger partial charge in [-0.3, -0.25) is 4.98 Å². The summed E-state index contributed by atoms with van der Waals surface area (Å²) in [6, 6.07) is 12.6. The van der Waals surface area contributed by atoms with Gasteiger partial charge in [-0.1, -0.05) is 48.6 Å². The van der Waals surface area contributed by atoms with Gasteiger partial charge < -0.3 is 4.90 Å². The Morgan fingerprint density at radius 3 is 1.78 bits per heavy atom. The molecule has 1 aromatic carbocycles. The molecule has 0 bridgehead atoms. The van der Waals surface area contributed by atoms with Crippen molar-refractivity contribution in [2.45, 2.75) is 13.8 Å². The van der Waals surface area contributed by atoms with Gasteiger partial charge in [0.05, 0.1) is 0 Å². The van der Waals surface area contributed by atoms with Crippen LogP contribution in [0.1, 0.15) is 25.0 Å². The van der Waals surface area contributed by atoms with Crippen molar-refractivity contribution in [3.8, 4) is 0 Å². The third-order valence-corrected chi connectivity index (χ3v) is 3.64. The van der Waals surface area contributed by atoms with E-state index in [1.807, 2.05) is 30.4 Å². The van der Waals surface area contributed by atoms with Crippen molar-refractivity contribution < 1.29 is 0 Å². The van der Waals surface area contributed by atoms with Crippen LogP contribution in [0.4, 0.5) is 5.69 Å². The number of aromatic nitrogens is 1. The van der Waals surface area contributed by atoms with Gasteiger partial charge in [-0.25, -0.2) is 0 Å². The molecular formula is C21H24N2. The number of hydrogen-bond acceptors (Lipinski definition) is 2. The van der Waals surface area contributed by atoms with Crippen LogP contribution in [0, 0.1) is 0 Å². The molecule has 23 heavy (non-hydrogen) atoms. The fourth-order valence-corrected chi connectivity index (χ4v) is 2.32. The van der Waals surface area contributed by atoms with Crippen molar-refractivity contribution in [1.29, 1.82) is 0 Å². The number of benzene rings is 1. The van der Waals surface area contributed by atoms with E-state index in [1.165, 1.54) is 11.3 Å². The van der Waals surface area contributed by atoms with Gasteiger partial charge in [-0.2, -0.15) is 0 Å². The molecule has 0 aliphatic heterocycles. The average molecular weight is 304 g/mol. The summed E-state index contributed by atoms with van der Waals surface area (Å²) < 4.78 is 0. The van der Waals surface area contributed by atoms with E-state index in [2.05, 4.69) is 66.2 Å². The molecule has 118 valence electrons. The summed E-state index contributed by atoms with van der Waals surface area (Å²) in [5.41, 5.74) is 3.65. The van der Waals surface area contributed by atoms with Crippen molar-refractivity contribution >= 4 is 17.8 Å². The zero-order valence-corrected chi connectivity index (χ0v) is 13.9. The highest BCUT2D eigenvalue weighted by Gasteiger charge is 1.99. The molecule has 0 saturated heterocycles. The SMILES string of the molecule is CCN(CC)c1ccc(C=CC=CC=Cc2ccncc2)cc1. The van der Waals surface area contributed by atoms with Gasteiger partial charge in [0.1, 0.15) is 0 Å². The fraction of sp³-hybridized carbons (Fsp3) is 0.190. The van der Waals surface area contributed by atoms with Crippen molar-refractivity contribution in [2.75, 3.05) is 18.0 Å². The van der Waals surface area contributed by atoms with E-state index in [9.17, 15) is 0 Å². The summed E-state index contributed by atoms with van der Waals surface area (Å²) in [7, 11) is 0. The van der Waals surface area contributed by atoms with Gasteiger partial charge in [-0.05, 0) is 49.2 Å². The highest BCUT2D eigenvalue weighted by Crippen LogP contribution is 2.15. The van der Waals surface area contributed by atoms with Crippen molar-refractivity contribution in [3.63, 3.8) is 0 Å². The first kappa shape index (κ1) is 16.8. The quantitative estimate of drug-likeness (QED) is 0.653. The summed E-state index contributed by atoms with van der Waals surface area (Å²) in [5, 5.41) is 0. The molecule has 1 heterocycles. The van der Waals surface area contributed by atoms with E-state index in [0.717, 1.165) is 18.7 Å². The van der Waals surface area contributed by atoms with Gasteiger partial charge in [0.2, 0.25) is 0 Å². The molecule has 0 spiro atoms. The predicted molar refractivity (Wildman–Crippen MR) is 101 cm³/mol. The first-order valence-electron chi connectivity index (χ1n) is 8.10. The second-order valence-corrected chi connectivity index (χ2v) is 5.15. The third kappa shape index (κ3) is 5.59. The lowest BCUT2D eigenvalue weighted by molar-refractivity contribution is 0.866. The molecule has 0 atom stereocenters. The average Bonchev–Trinajstić information content (AvgIpc) is 2.61. The highest BCUT2D eigenvalue weighted by atomic mass is 15.1. The zero-order valence-electron chi connectivity index (χ0n) is 13.9. The Hall–Kier alpha value is -2.61. The number of anilines is 1. The molecule has 0 amide bonds. The molecule has 0 aliphatic carbocycles. The lowest BCUT2D eigenvalue weighted by Crippen LogP contribution is -2.21. The maximum atomic E-state index is 4.00. The van der Waals surface area contributed by atoms with E-state index >= 15 is 0 Å². The lowest BCUT2D eigenvalue weighted by atomic mass is 10.1. The van der Waals surface area contributed by atoms with E-state index < -0.39 is 0 Å². The molecule has 0 saturated carbocycles. The Balaban J connectivity index is 1.88. The van der Waals surface area contributed by atoms with Crippen LogP contribution in [0.3, 0.4) is 0 Å². The molecule has 0 radical (unpaired) electrons. The Morgan fingerprint density at radius 2 is 1.26 bits per heavy atom. The van der Waals surface area contributed by atoms with Gasteiger partial charge in [0.15, 0.2) is 0 Å². The largest absolute Gasteiger partial charge is 0.372 e. The molecule has 2 aromatic rings. The van der Waals surface area contributed by atoms with Crippen LogP contribution in [-0.2, 0) is 0 Å². The van der Waals surface area contributed by atoms with Crippen LogP contribution < -0.4 is 4.90 Å². The standard InChI is InChI=1S/C21H24N2/c1-3-23(4-2)21-13-11-19(12-14-21)9-7-5-6-8-10-20-15-17-22-18-16-20/h5-18H,3-4H2,1-2H3. The van der Waals surface area contributed by atoms with Gasteiger partial charge >= 0.3 is 0 Å². The topological polar surface area (TPSA) is 16.1 Å². The number of nitrogens with zero attached hydrogens (tertiary/aromatic N) is 2. The maximum absolute atomic E-state index is 4.00. The molecule has 0 N–H and O–H groups in total. The molecule has 2 nitrogen and oxygen atoms in total. The number of rotatable bonds is 7. The zero-order chi connectivity index (χ0) is 16.3. The van der Waals surface area contributed by atoms with Crippen LogP contribution in [0.5, 0.6) is 0 Å². The second-order valence-electron chi connectivity index (χ2n) is 5.15. The van der Waals surface area contributed by atoms with Gasteiger partial charge in [0, 0.05) is 31.2 Å².